The van der Waals surface area contributed by atoms with E-state index in [-0.39, 0.29) is 12.8 Å². The molecule has 0 aromatic heterocycles. The van der Waals surface area contributed by atoms with Gasteiger partial charge in [-0.05, 0) is 19.8 Å². The Bertz CT molecular complexity index is 350. The minimum atomic E-state index is -1.36. The minimum Gasteiger partial charge on any atom is -0.468 e. The van der Waals surface area contributed by atoms with Crippen LogP contribution in [0.3, 0.4) is 0 Å². The Labute approximate surface area is 108 Å². The molecule has 0 aliphatic carbocycles. The first kappa shape index (κ1) is 16.2. The van der Waals surface area contributed by atoms with Crippen molar-refractivity contribution in [3.63, 3.8) is 0 Å². The molecule has 0 saturated carbocycles. The zero-order chi connectivity index (χ0) is 14.2. The van der Waals surface area contributed by atoms with Gasteiger partial charge in [0.25, 0.3) is 0 Å². The van der Waals surface area contributed by atoms with Crippen LogP contribution in [-0.4, -0.2) is 26.2 Å². The molecule has 0 aliphatic heterocycles. The Morgan fingerprint density at radius 3 is 2.00 bits per heavy atom. The predicted octanol–water partition coefficient (Wildman–Crippen LogP) is 2.42. The topological polar surface area (TPSA) is 52.6 Å². The first-order valence-corrected chi connectivity index (χ1v) is 5.54. The highest BCUT2D eigenvalue weighted by Crippen LogP contribution is 2.31. The number of rotatable bonds is 7. The molecule has 100 valence electrons. The van der Waals surface area contributed by atoms with E-state index < -0.39 is 17.4 Å². The van der Waals surface area contributed by atoms with E-state index in [2.05, 4.69) is 13.2 Å². The maximum absolute atomic E-state index is 11.9. The Hall–Kier alpha value is -1.84. The summed E-state index contributed by atoms with van der Waals surface area (Å²) in [7, 11) is 2.48. The highest BCUT2D eigenvalue weighted by atomic mass is 16.5. The summed E-state index contributed by atoms with van der Waals surface area (Å²) < 4.78 is 9.41. The molecule has 0 aromatic carbocycles. The first-order valence-electron chi connectivity index (χ1n) is 5.54. The van der Waals surface area contributed by atoms with Crippen LogP contribution in [0, 0.1) is 5.41 Å². The van der Waals surface area contributed by atoms with Gasteiger partial charge < -0.3 is 9.47 Å². The molecule has 0 unspecified atom stereocenters. The van der Waals surface area contributed by atoms with Crippen molar-refractivity contribution in [1.29, 1.82) is 0 Å². The van der Waals surface area contributed by atoms with Gasteiger partial charge in [0.2, 0.25) is 0 Å². The van der Waals surface area contributed by atoms with Gasteiger partial charge in [0.05, 0.1) is 14.2 Å². The fourth-order valence-electron chi connectivity index (χ4n) is 1.60. The van der Waals surface area contributed by atoms with Crippen LogP contribution in [0.15, 0.2) is 37.0 Å². The SMILES string of the molecule is C=CCC(C/C=C/C(=C)C)(C(=O)OC)C(=O)OC. The second-order valence-electron chi connectivity index (χ2n) is 4.01. The smallest absolute Gasteiger partial charge is 0.323 e. The number of methoxy groups -OCH3 is 2. The molecule has 0 N–H and O–H groups in total. The van der Waals surface area contributed by atoms with Gasteiger partial charge in [0.15, 0.2) is 5.41 Å². The van der Waals surface area contributed by atoms with Crippen molar-refractivity contribution >= 4 is 11.9 Å². The molecule has 0 saturated heterocycles. The summed E-state index contributed by atoms with van der Waals surface area (Å²) in [4.78, 5) is 23.7. The summed E-state index contributed by atoms with van der Waals surface area (Å²) in [5.74, 6) is -1.25. The maximum Gasteiger partial charge on any atom is 0.323 e. The van der Waals surface area contributed by atoms with Crippen LogP contribution >= 0.6 is 0 Å². The van der Waals surface area contributed by atoms with E-state index in [4.69, 9.17) is 9.47 Å². The van der Waals surface area contributed by atoms with E-state index >= 15 is 0 Å². The zero-order valence-electron chi connectivity index (χ0n) is 11.2. The van der Waals surface area contributed by atoms with Gasteiger partial charge >= 0.3 is 11.9 Å². The number of esters is 2. The monoisotopic (exact) mass is 252 g/mol. The van der Waals surface area contributed by atoms with Gasteiger partial charge in [-0.1, -0.05) is 30.4 Å². The van der Waals surface area contributed by atoms with Gasteiger partial charge in [-0.15, -0.1) is 6.58 Å². The average Bonchev–Trinajstić information content (AvgIpc) is 2.35. The number of hydrogen-bond donors (Lipinski definition) is 0. The third kappa shape index (κ3) is 3.87. The minimum absolute atomic E-state index is 0.160. The van der Waals surface area contributed by atoms with Crippen LogP contribution in [0.25, 0.3) is 0 Å². The van der Waals surface area contributed by atoms with Gasteiger partial charge in [-0.3, -0.25) is 9.59 Å². The lowest BCUT2D eigenvalue weighted by Gasteiger charge is -2.25. The standard InChI is InChI=1S/C14H20O4/c1-6-9-14(12(15)17-4,13(16)18-5)10-7-8-11(2)3/h6-8H,1-2,9-10H2,3-5H3/b8-7+. The highest BCUT2D eigenvalue weighted by Gasteiger charge is 2.46. The molecule has 0 aliphatic rings. The Kier molecular flexibility index (Phi) is 6.71. The van der Waals surface area contributed by atoms with E-state index in [0.29, 0.717) is 0 Å². The second-order valence-corrected chi connectivity index (χ2v) is 4.01. The van der Waals surface area contributed by atoms with Crippen molar-refractivity contribution < 1.29 is 19.1 Å². The lowest BCUT2D eigenvalue weighted by atomic mass is 9.80. The summed E-state index contributed by atoms with van der Waals surface area (Å²) in [6, 6.07) is 0. The van der Waals surface area contributed by atoms with Crippen LogP contribution in [-0.2, 0) is 19.1 Å². The van der Waals surface area contributed by atoms with Crippen molar-refractivity contribution in [3.8, 4) is 0 Å². The third-order valence-electron chi connectivity index (χ3n) is 2.51. The zero-order valence-corrected chi connectivity index (χ0v) is 11.2. The maximum atomic E-state index is 11.9. The van der Waals surface area contributed by atoms with Gasteiger partial charge in [0, 0.05) is 0 Å². The molecule has 0 fully saturated rings. The van der Waals surface area contributed by atoms with E-state index in [1.165, 1.54) is 20.3 Å². The van der Waals surface area contributed by atoms with Crippen molar-refractivity contribution in [2.75, 3.05) is 14.2 Å². The normalized spacial score (nSPS) is 11.1. The van der Waals surface area contributed by atoms with Crippen molar-refractivity contribution in [2.24, 2.45) is 5.41 Å². The summed E-state index contributed by atoms with van der Waals surface area (Å²) in [5, 5.41) is 0. The van der Waals surface area contributed by atoms with E-state index in [0.717, 1.165) is 5.57 Å². The summed E-state index contributed by atoms with van der Waals surface area (Å²) in [5.41, 5.74) is -0.533. The molecule has 18 heavy (non-hydrogen) atoms. The molecule has 4 nitrogen and oxygen atoms in total. The van der Waals surface area contributed by atoms with Crippen molar-refractivity contribution in [1.82, 2.24) is 0 Å². The van der Waals surface area contributed by atoms with Gasteiger partial charge in [-0.25, -0.2) is 0 Å². The van der Waals surface area contributed by atoms with Gasteiger partial charge in [-0.2, -0.15) is 0 Å². The number of carbonyl (C=O) groups excluding carboxylic acids is 2. The largest absolute Gasteiger partial charge is 0.468 e. The fourth-order valence-corrected chi connectivity index (χ4v) is 1.60. The molecule has 0 atom stereocenters. The number of hydrogen-bond acceptors (Lipinski definition) is 4. The fraction of sp³-hybridized carbons (Fsp3) is 0.429. The van der Waals surface area contributed by atoms with Crippen LogP contribution in [0.5, 0.6) is 0 Å². The Morgan fingerprint density at radius 2 is 1.67 bits per heavy atom. The van der Waals surface area contributed by atoms with E-state index in [1.807, 2.05) is 6.92 Å². The molecule has 0 spiro atoms. The Morgan fingerprint density at radius 1 is 1.17 bits per heavy atom. The number of allylic oxidation sites excluding steroid dienone is 4. The summed E-state index contributed by atoms with van der Waals surface area (Å²) >= 11 is 0. The molecule has 4 heteroatoms. The highest BCUT2D eigenvalue weighted by molar-refractivity contribution is 6.00. The van der Waals surface area contributed by atoms with Crippen LogP contribution in [0.1, 0.15) is 19.8 Å². The third-order valence-corrected chi connectivity index (χ3v) is 2.51. The average molecular weight is 252 g/mol. The van der Waals surface area contributed by atoms with Crippen LogP contribution in [0.2, 0.25) is 0 Å². The van der Waals surface area contributed by atoms with Crippen molar-refractivity contribution in [3.05, 3.63) is 37.0 Å². The molecular weight excluding hydrogens is 232 g/mol. The molecule has 0 amide bonds. The molecule has 0 heterocycles. The second kappa shape index (κ2) is 7.48. The molecule has 0 aromatic rings. The summed E-state index contributed by atoms with van der Waals surface area (Å²) in [6.07, 6.45) is 5.30. The Balaban J connectivity index is 5.31. The predicted molar refractivity (Wildman–Crippen MR) is 69.9 cm³/mol. The van der Waals surface area contributed by atoms with E-state index in [1.54, 1.807) is 12.2 Å². The quantitative estimate of drug-likeness (QED) is 0.302. The molecular formula is C14H20O4. The summed E-state index contributed by atoms with van der Waals surface area (Å²) in [6.45, 7) is 9.10. The molecule has 0 bridgehead atoms. The van der Waals surface area contributed by atoms with Crippen molar-refractivity contribution in [2.45, 2.75) is 19.8 Å². The molecule has 0 rings (SSSR count). The lowest BCUT2D eigenvalue weighted by molar-refractivity contribution is -0.168. The number of ether oxygens (including phenoxy) is 2. The van der Waals surface area contributed by atoms with E-state index in [9.17, 15) is 9.59 Å². The molecule has 0 radical (unpaired) electrons. The van der Waals surface area contributed by atoms with Crippen LogP contribution < -0.4 is 0 Å². The lowest BCUT2D eigenvalue weighted by Crippen LogP contribution is -2.40. The first-order chi connectivity index (χ1) is 8.44. The number of carbonyl (C=O) groups is 2. The van der Waals surface area contributed by atoms with Crippen LogP contribution in [0.4, 0.5) is 0 Å². The van der Waals surface area contributed by atoms with Gasteiger partial charge in [0.1, 0.15) is 0 Å².